The first-order valence-electron chi connectivity index (χ1n) is 8.02. The second-order valence-corrected chi connectivity index (χ2v) is 7.54. The van der Waals surface area contributed by atoms with E-state index in [9.17, 15) is 8.42 Å². The molecule has 0 bridgehead atoms. The first-order chi connectivity index (χ1) is 12.4. The number of methoxy groups -OCH3 is 1. The molecule has 0 saturated carbocycles. The zero-order valence-electron chi connectivity index (χ0n) is 14.8. The molecule has 0 amide bonds. The number of sulfonamides is 1. The maximum absolute atomic E-state index is 12.3. The molecule has 0 aliphatic heterocycles. The Kier molecular flexibility index (Phi) is 7.01. The van der Waals surface area contributed by atoms with E-state index in [0.29, 0.717) is 30.6 Å². The van der Waals surface area contributed by atoms with Crippen LogP contribution in [0.5, 0.6) is 5.75 Å². The predicted molar refractivity (Wildman–Crippen MR) is 103 cm³/mol. The second kappa shape index (κ2) is 9.02. The zero-order chi connectivity index (χ0) is 19.2. The Morgan fingerprint density at radius 2 is 1.92 bits per heavy atom. The van der Waals surface area contributed by atoms with E-state index in [0.717, 1.165) is 5.69 Å². The molecule has 142 valence electrons. The van der Waals surface area contributed by atoms with E-state index in [1.807, 2.05) is 13.8 Å². The number of aromatic nitrogens is 2. The number of halogens is 1. The largest absolute Gasteiger partial charge is 0.495 e. The molecule has 3 N–H and O–H groups in total. The highest BCUT2D eigenvalue weighted by Gasteiger charge is 2.15. The van der Waals surface area contributed by atoms with Crippen molar-refractivity contribution in [2.24, 2.45) is 0 Å². The molecule has 8 nitrogen and oxygen atoms in total. The average molecular weight is 400 g/mol. The summed E-state index contributed by atoms with van der Waals surface area (Å²) in [6, 6.07) is 6.10. The molecule has 2 rings (SSSR count). The maximum Gasteiger partial charge on any atom is 0.240 e. The van der Waals surface area contributed by atoms with Gasteiger partial charge < -0.3 is 15.4 Å². The lowest BCUT2D eigenvalue weighted by Crippen LogP contribution is -2.29. The fraction of sp³-hybridized carbons (Fsp3) is 0.375. The summed E-state index contributed by atoms with van der Waals surface area (Å²) in [6.45, 7) is 5.09. The number of aryl methyl sites for hydroxylation is 1. The fourth-order valence-corrected chi connectivity index (χ4v) is 3.55. The van der Waals surface area contributed by atoms with E-state index in [2.05, 4.69) is 25.3 Å². The van der Waals surface area contributed by atoms with Gasteiger partial charge in [0.15, 0.2) is 0 Å². The van der Waals surface area contributed by atoms with Gasteiger partial charge in [-0.25, -0.2) is 18.1 Å². The molecule has 0 spiro atoms. The van der Waals surface area contributed by atoms with Gasteiger partial charge in [-0.3, -0.25) is 0 Å². The summed E-state index contributed by atoms with van der Waals surface area (Å²) in [7, 11) is -2.19. The zero-order valence-corrected chi connectivity index (χ0v) is 16.4. The van der Waals surface area contributed by atoms with Crippen LogP contribution in [-0.2, 0) is 10.0 Å². The van der Waals surface area contributed by atoms with Crippen molar-refractivity contribution in [1.29, 1.82) is 0 Å². The van der Waals surface area contributed by atoms with Gasteiger partial charge in [0, 0.05) is 31.4 Å². The van der Waals surface area contributed by atoms with Crippen LogP contribution in [0.1, 0.15) is 12.6 Å². The van der Waals surface area contributed by atoms with E-state index >= 15 is 0 Å². The SMILES string of the molecule is CCNc1nc(C)cc(NCCNS(=O)(=O)c2ccc(OC)c(Cl)c2)n1. The van der Waals surface area contributed by atoms with Gasteiger partial charge in [0.2, 0.25) is 16.0 Å². The van der Waals surface area contributed by atoms with Crippen LogP contribution < -0.4 is 20.1 Å². The Labute approximate surface area is 158 Å². The minimum Gasteiger partial charge on any atom is -0.495 e. The summed E-state index contributed by atoms with van der Waals surface area (Å²) in [4.78, 5) is 8.64. The number of hydrogen-bond acceptors (Lipinski definition) is 7. The monoisotopic (exact) mass is 399 g/mol. The van der Waals surface area contributed by atoms with Gasteiger partial charge in [-0.1, -0.05) is 11.6 Å². The van der Waals surface area contributed by atoms with E-state index in [4.69, 9.17) is 16.3 Å². The van der Waals surface area contributed by atoms with Gasteiger partial charge in [0.05, 0.1) is 17.0 Å². The molecule has 1 aromatic carbocycles. The van der Waals surface area contributed by atoms with Crippen LogP contribution >= 0.6 is 11.6 Å². The summed E-state index contributed by atoms with van der Waals surface area (Å²) in [6.07, 6.45) is 0. The number of hydrogen-bond donors (Lipinski definition) is 3. The van der Waals surface area contributed by atoms with Gasteiger partial charge in [-0.15, -0.1) is 0 Å². The topological polar surface area (TPSA) is 105 Å². The highest BCUT2D eigenvalue weighted by molar-refractivity contribution is 7.89. The van der Waals surface area contributed by atoms with Crippen LogP contribution in [0.3, 0.4) is 0 Å². The van der Waals surface area contributed by atoms with Crippen LogP contribution in [0.25, 0.3) is 0 Å². The quantitative estimate of drug-likeness (QED) is 0.555. The molecule has 0 fully saturated rings. The average Bonchev–Trinajstić information content (AvgIpc) is 2.58. The van der Waals surface area contributed by atoms with E-state index in [1.54, 1.807) is 6.07 Å². The molecule has 0 atom stereocenters. The lowest BCUT2D eigenvalue weighted by Gasteiger charge is -2.11. The number of nitrogens with one attached hydrogen (secondary N) is 3. The molecule has 10 heteroatoms. The van der Waals surface area contributed by atoms with Crippen molar-refractivity contribution in [3.05, 3.63) is 35.0 Å². The molecule has 0 aliphatic rings. The number of rotatable bonds is 9. The predicted octanol–water partition coefficient (Wildman–Crippen LogP) is 2.27. The lowest BCUT2D eigenvalue weighted by molar-refractivity contribution is 0.414. The Bertz CT molecular complexity index is 861. The Balaban J connectivity index is 1.94. The van der Waals surface area contributed by atoms with Crippen molar-refractivity contribution in [2.45, 2.75) is 18.7 Å². The fourth-order valence-electron chi connectivity index (χ4n) is 2.17. The molecule has 2 aromatic rings. The smallest absolute Gasteiger partial charge is 0.240 e. The molecule has 1 heterocycles. The first kappa shape index (κ1) is 20.2. The third-order valence-corrected chi connectivity index (χ3v) is 5.10. The van der Waals surface area contributed by atoms with Crippen molar-refractivity contribution in [1.82, 2.24) is 14.7 Å². The number of benzene rings is 1. The minimum absolute atomic E-state index is 0.0793. The Hall–Kier alpha value is -2.10. The first-order valence-corrected chi connectivity index (χ1v) is 9.88. The van der Waals surface area contributed by atoms with Crippen LogP contribution in [0, 0.1) is 6.92 Å². The Morgan fingerprint density at radius 3 is 2.58 bits per heavy atom. The molecule has 0 unspecified atom stereocenters. The van der Waals surface area contributed by atoms with Gasteiger partial charge in [-0.2, -0.15) is 4.98 Å². The van der Waals surface area contributed by atoms with Gasteiger partial charge >= 0.3 is 0 Å². The van der Waals surface area contributed by atoms with Crippen LogP contribution in [0.2, 0.25) is 5.02 Å². The summed E-state index contributed by atoms with van der Waals surface area (Å²) >= 11 is 5.98. The summed E-state index contributed by atoms with van der Waals surface area (Å²) in [5, 5.41) is 6.35. The number of anilines is 2. The standard InChI is InChI=1S/C16H22ClN5O3S/c1-4-18-16-21-11(2)9-15(22-16)19-7-8-20-26(23,24)12-5-6-14(25-3)13(17)10-12/h5-6,9-10,20H,4,7-8H2,1-3H3,(H2,18,19,21,22). The van der Waals surface area contributed by atoms with Crippen molar-refractivity contribution < 1.29 is 13.2 Å². The molecule has 0 saturated heterocycles. The van der Waals surface area contributed by atoms with Crippen LogP contribution in [0.4, 0.5) is 11.8 Å². The highest BCUT2D eigenvalue weighted by atomic mass is 35.5. The van der Waals surface area contributed by atoms with Crippen molar-refractivity contribution in [3.8, 4) is 5.75 Å². The van der Waals surface area contributed by atoms with E-state index in [-0.39, 0.29) is 16.5 Å². The van der Waals surface area contributed by atoms with Gasteiger partial charge in [0.25, 0.3) is 0 Å². The third kappa shape index (κ3) is 5.45. The van der Waals surface area contributed by atoms with Gasteiger partial charge in [0.1, 0.15) is 11.6 Å². The lowest BCUT2D eigenvalue weighted by atomic mass is 10.3. The second-order valence-electron chi connectivity index (χ2n) is 5.37. The molecule has 0 aliphatic carbocycles. The molecule has 0 radical (unpaired) electrons. The van der Waals surface area contributed by atoms with E-state index in [1.165, 1.54) is 25.3 Å². The van der Waals surface area contributed by atoms with Crippen LogP contribution in [-0.4, -0.2) is 45.1 Å². The van der Waals surface area contributed by atoms with Gasteiger partial charge in [-0.05, 0) is 32.0 Å². The van der Waals surface area contributed by atoms with Crippen molar-refractivity contribution in [2.75, 3.05) is 37.4 Å². The normalized spacial score (nSPS) is 11.2. The van der Waals surface area contributed by atoms with E-state index < -0.39 is 10.0 Å². The summed E-state index contributed by atoms with van der Waals surface area (Å²) in [5.74, 6) is 1.58. The molecule has 1 aromatic heterocycles. The van der Waals surface area contributed by atoms with Crippen molar-refractivity contribution in [3.63, 3.8) is 0 Å². The number of nitrogens with zero attached hydrogens (tertiary/aromatic N) is 2. The molecule has 26 heavy (non-hydrogen) atoms. The Morgan fingerprint density at radius 1 is 1.15 bits per heavy atom. The van der Waals surface area contributed by atoms with Crippen LogP contribution in [0.15, 0.2) is 29.2 Å². The minimum atomic E-state index is -3.66. The summed E-state index contributed by atoms with van der Waals surface area (Å²) < 4.78 is 32.2. The maximum atomic E-state index is 12.3. The third-order valence-electron chi connectivity index (χ3n) is 3.35. The molecular formula is C16H22ClN5O3S. The van der Waals surface area contributed by atoms with Crippen molar-refractivity contribution >= 4 is 33.4 Å². The highest BCUT2D eigenvalue weighted by Crippen LogP contribution is 2.26. The summed E-state index contributed by atoms with van der Waals surface area (Å²) in [5.41, 5.74) is 0.812. The molecular weight excluding hydrogens is 378 g/mol. The number of ether oxygens (including phenoxy) is 1.